The number of aryl methyl sites for hydroxylation is 1. The van der Waals surface area contributed by atoms with Gasteiger partial charge in [-0.2, -0.15) is 0 Å². The van der Waals surface area contributed by atoms with Crippen LogP contribution in [0.3, 0.4) is 0 Å². The normalized spacial score (nSPS) is 13.1. The molecule has 0 aromatic heterocycles. The Labute approximate surface area is 148 Å². The lowest BCUT2D eigenvalue weighted by Gasteiger charge is -2.18. The number of carboxylic acids is 1. The molecule has 2 aromatic rings. The Morgan fingerprint density at radius 1 is 1.12 bits per heavy atom. The molecule has 0 aliphatic carbocycles. The van der Waals surface area contributed by atoms with E-state index < -0.39 is 11.9 Å². The Bertz CT molecular complexity index is 730. The van der Waals surface area contributed by atoms with Crippen molar-refractivity contribution in [2.24, 2.45) is 5.92 Å². The number of hydrogen-bond acceptors (Lipinski definition) is 1. The maximum Gasteiger partial charge on any atom is 0.311 e. The van der Waals surface area contributed by atoms with Crippen molar-refractivity contribution >= 4 is 23.1 Å². The standard InChI is InChI=1S/C21H23ClO2/c1-14(2)12-17(19-7-5-4-6-15(19)3)13-20(21(23)24)16-8-10-18(22)11-9-16/h4-12,14,20H,13H2,1-3H3,(H,23,24)/b17-12-. The van der Waals surface area contributed by atoms with Crippen LogP contribution in [-0.4, -0.2) is 11.1 Å². The van der Waals surface area contributed by atoms with Gasteiger partial charge in [-0.15, -0.1) is 0 Å². The summed E-state index contributed by atoms with van der Waals surface area (Å²) in [4.78, 5) is 11.9. The third kappa shape index (κ3) is 4.72. The number of aliphatic carboxylic acids is 1. The van der Waals surface area contributed by atoms with Gasteiger partial charge in [-0.1, -0.05) is 67.9 Å². The second-order valence-electron chi connectivity index (χ2n) is 6.40. The molecule has 0 fully saturated rings. The van der Waals surface area contributed by atoms with E-state index in [4.69, 9.17) is 11.6 Å². The third-order valence-corrected chi connectivity index (χ3v) is 4.27. The predicted octanol–water partition coefficient (Wildman–Crippen LogP) is 5.95. The molecule has 0 saturated carbocycles. The Balaban J connectivity index is 2.41. The lowest BCUT2D eigenvalue weighted by Crippen LogP contribution is -2.13. The zero-order valence-corrected chi connectivity index (χ0v) is 15.0. The molecule has 0 radical (unpaired) electrons. The van der Waals surface area contributed by atoms with Crippen molar-refractivity contribution in [3.63, 3.8) is 0 Å². The number of benzene rings is 2. The molecule has 3 heteroatoms. The van der Waals surface area contributed by atoms with E-state index in [9.17, 15) is 9.90 Å². The van der Waals surface area contributed by atoms with Crippen LogP contribution < -0.4 is 0 Å². The summed E-state index contributed by atoms with van der Waals surface area (Å²) >= 11 is 5.93. The van der Waals surface area contributed by atoms with Gasteiger partial charge in [0.2, 0.25) is 0 Å². The minimum atomic E-state index is -0.819. The van der Waals surface area contributed by atoms with Gasteiger partial charge in [0.25, 0.3) is 0 Å². The molecule has 2 rings (SSSR count). The van der Waals surface area contributed by atoms with Gasteiger partial charge in [-0.25, -0.2) is 0 Å². The first-order valence-corrected chi connectivity index (χ1v) is 8.51. The highest BCUT2D eigenvalue weighted by atomic mass is 35.5. The lowest BCUT2D eigenvalue weighted by atomic mass is 9.86. The van der Waals surface area contributed by atoms with Crippen LogP contribution in [0.4, 0.5) is 0 Å². The minimum absolute atomic E-state index is 0.347. The van der Waals surface area contributed by atoms with Gasteiger partial charge in [-0.3, -0.25) is 4.79 Å². The minimum Gasteiger partial charge on any atom is -0.481 e. The molecule has 1 unspecified atom stereocenters. The van der Waals surface area contributed by atoms with Crippen LogP contribution in [0.5, 0.6) is 0 Å². The first-order valence-electron chi connectivity index (χ1n) is 8.13. The van der Waals surface area contributed by atoms with Crippen LogP contribution in [0.15, 0.2) is 54.6 Å². The van der Waals surface area contributed by atoms with Crippen molar-refractivity contribution < 1.29 is 9.90 Å². The zero-order chi connectivity index (χ0) is 17.7. The molecule has 1 N–H and O–H groups in total. The summed E-state index contributed by atoms with van der Waals surface area (Å²) in [5, 5.41) is 10.3. The molecule has 0 amide bonds. The first kappa shape index (κ1) is 18.3. The zero-order valence-electron chi connectivity index (χ0n) is 14.3. The fourth-order valence-electron chi connectivity index (χ4n) is 2.87. The van der Waals surface area contributed by atoms with E-state index in [-0.39, 0.29) is 0 Å². The first-order chi connectivity index (χ1) is 11.4. The number of hydrogen-bond donors (Lipinski definition) is 1. The Morgan fingerprint density at radius 3 is 2.29 bits per heavy atom. The van der Waals surface area contributed by atoms with Crippen molar-refractivity contribution in [3.8, 4) is 0 Å². The topological polar surface area (TPSA) is 37.3 Å². The van der Waals surface area contributed by atoms with Crippen LogP contribution >= 0.6 is 11.6 Å². The summed E-state index contributed by atoms with van der Waals surface area (Å²) in [6.45, 7) is 6.27. The molecule has 0 saturated heterocycles. The van der Waals surface area contributed by atoms with Crippen LogP contribution in [0.25, 0.3) is 5.57 Å². The highest BCUT2D eigenvalue weighted by Crippen LogP contribution is 2.32. The Morgan fingerprint density at radius 2 is 1.75 bits per heavy atom. The van der Waals surface area contributed by atoms with Crippen LogP contribution in [0, 0.1) is 12.8 Å². The molecule has 0 aliphatic rings. The van der Waals surface area contributed by atoms with E-state index in [1.165, 1.54) is 0 Å². The number of carbonyl (C=O) groups is 1. The molecule has 0 aliphatic heterocycles. The van der Waals surface area contributed by atoms with E-state index in [2.05, 4.69) is 39.0 Å². The third-order valence-electron chi connectivity index (χ3n) is 4.02. The largest absolute Gasteiger partial charge is 0.481 e. The van der Waals surface area contributed by atoms with Crippen LogP contribution in [0.2, 0.25) is 5.02 Å². The Kier molecular flexibility index (Phi) is 6.22. The van der Waals surface area contributed by atoms with Gasteiger partial charge in [0.1, 0.15) is 0 Å². The van der Waals surface area contributed by atoms with Crippen molar-refractivity contribution in [1.29, 1.82) is 0 Å². The van der Waals surface area contributed by atoms with Gasteiger partial charge < -0.3 is 5.11 Å². The van der Waals surface area contributed by atoms with E-state index in [1.54, 1.807) is 24.3 Å². The summed E-state index contributed by atoms with van der Waals surface area (Å²) < 4.78 is 0. The molecule has 126 valence electrons. The molecular formula is C21H23ClO2. The lowest BCUT2D eigenvalue weighted by molar-refractivity contribution is -0.138. The maximum absolute atomic E-state index is 11.9. The van der Waals surface area contributed by atoms with Gasteiger partial charge >= 0.3 is 5.97 Å². The molecule has 24 heavy (non-hydrogen) atoms. The SMILES string of the molecule is Cc1ccccc1/C(=C\C(C)C)CC(C(=O)O)c1ccc(Cl)cc1. The summed E-state index contributed by atoms with van der Waals surface area (Å²) in [6.07, 6.45) is 2.62. The number of carboxylic acid groups (broad SMARTS) is 1. The smallest absolute Gasteiger partial charge is 0.311 e. The van der Waals surface area contributed by atoms with E-state index in [0.29, 0.717) is 17.4 Å². The summed E-state index contributed by atoms with van der Waals surface area (Å²) in [6, 6.07) is 15.2. The average molecular weight is 343 g/mol. The van der Waals surface area contributed by atoms with Gasteiger partial charge in [0, 0.05) is 5.02 Å². The van der Waals surface area contributed by atoms with Crippen molar-refractivity contribution in [2.45, 2.75) is 33.1 Å². The highest BCUT2D eigenvalue weighted by molar-refractivity contribution is 6.30. The van der Waals surface area contributed by atoms with Gasteiger partial charge in [0.05, 0.1) is 5.92 Å². The predicted molar refractivity (Wildman–Crippen MR) is 100 cm³/mol. The molecular weight excluding hydrogens is 320 g/mol. The van der Waals surface area contributed by atoms with E-state index in [1.807, 2.05) is 12.1 Å². The Hall–Kier alpha value is -2.06. The summed E-state index contributed by atoms with van der Waals surface area (Å²) in [7, 11) is 0. The molecule has 2 aromatic carbocycles. The van der Waals surface area contributed by atoms with Gasteiger partial charge in [-0.05, 0) is 53.7 Å². The van der Waals surface area contributed by atoms with Gasteiger partial charge in [0.15, 0.2) is 0 Å². The van der Waals surface area contributed by atoms with Crippen molar-refractivity contribution in [1.82, 2.24) is 0 Å². The second-order valence-corrected chi connectivity index (χ2v) is 6.83. The van der Waals surface area contributed by atoms with E-state index in [0.717, 1.165) is 22.3 Å². The quantitative estimate of drug-likeness (QED) is 0.704. The van der Waals surface area contributed by atoms with Crippen molar-refractivity contribution in [3.05, 3.63) is 76.3 Å². The number of allylic oxidation sites excluding steroid dienone is 2. The molecule has 0 spiro atoms. The van der Waals surface area contributed by atoms with Crippen LogP contribution in [0.1, 0.15) is 42.9 Å². The molecule has 2 nitrogen and oxygen atoms in total. The fraction of sp³-hybridized carbons (Fsp3) is 0.286. The monoisotopic (exact) mass is 342 g/mol. The molecule has 0 heterocycles. The second kappa shape index (κ2) is 8.16. The molecule has 0 bridgehead atoms. The number of rotatable bonds is 6. The summed E-state index contributed by atoms with van der Waals surface area (Å²) in [5.41, 5.74) is 4.12. The average Bonchev–Trinajstić information content (AvgIpc) is 2.52. The highest BCUT2D eigenvalue weighted by Gasteiger charge is 2.22. The van der Waals surface area contributed by atoms with E-state index >= 15 is 0 Å². The fourth-order valence-corrected chi connectivity index (χ4v) is 2.99. The maximum atomic E-state index is 11.9. The summed E-state index contributed by atoms with van der Waals surface area (Å²) in [5.74, 6) is -1.06. The molecule has 1 atom stereocenters. The van der Waals surface area contributed by atoms with Crippen molar-refractivity contribution in [2.75, 3.05) is 0 Å². The number of halogens is 1. The van der Waals surface area contributed by atoms with Crippen LogP contribution in [-0.2, 0) is 4.79 Å².